The Bertz CT molecular complexity index is 489. The number of nitrogens with one attached hydrogen (secondary N) is 1. The Hall–Kier alpha value is -1.91. The molecule has 1 aromatic rings. The zero-order valence-corrected chi connectivity index (χ0v) is 10.4. The van der Waals surface area contributed by atoms with Gasteiger partial charge in [0.05, 0.1) is 11.8 Å². The lowest BCUT2D eigenvalue weighted by Crippen LogP contribution is -2.34. The van der Waals surface area contributed by atoms with E-state index in [0.29, 0.717) is 18.4 Å². The molecule has 19 heavy (non-hydrogen) atoms. The van der Waals surface area contributed by atoms with E-state index < -0.39 is 17.8 Å². The number of hydrogen-bond donors (Lipinski definition) is 2. The van der Waals surface area contributed by atoms with E-state index in [1.165, 1.54) is 12.1 Å². The molecule has 0 saturated heterocycles. The summed E-state index contributed by atoms with van der Waals surface area (Å²) in [6, 6.07) is 5.98. The molecule has 0 radical (unpaired) electrons. The summed E-state index contributed by atoms with van der Waals surface area (Å²) in [6.45, 7) is 0.222. The largest absolute Gasteiger partial charge is 0.481 e. The van der Waals surface area contributed by atoms with Gasteiger partial charge >= 0.3 is 5.97 Å². The molecule has 2 rings (SSSR count). The Labute approximate surface area is 110 Å². The first-order valence-electron chi connectivity index (χ1n) is 6.33. The van der Waals surface area contributed by atoms with Gasteiger partial charge in [-0.25, -0.2) is 4.39 Å². The third kappa shape index (κ3) is 3.30. The predicted molar refractivity (Wildman–Crippen MR) is 66.7 cm³/mol. The number of carboxylic acid groups (broad SMARTS) is 1. The van der Waals surface area contributed by atoms with E-state index in [9.17, 15) is 14.0 Å². The van der Waals surface area contributed by atoms with Gasteiger partial charge in [-0.2, -0.15) is 0 Å². The first kappa shape index (κ1) is 13.5. The van der Waals surface area contributed by atoms with Crippen LogP contribution in [0.5, 0.6) is 0 Å². The van der Waals surface area contributed by atoms with Crippen molar-refractivity contribution in [2.24, 2.45) is 11.8 Å². The average Bonchev–Trinajstić information content (AvgIpc) is 2.85. The van der Waals surface area contributed by atoms with E-state index in [2.05, 4.69) is 5.32 Å². The highest BCUT2D eigenvalue weighted by Crippen LogP contribution is 2.32. The van der Waals surface area contributed by atoms with Crippen LogP contribution in [0.15, 0.2) is 24.3 Å². The number of rotatable bonds is 4. The highest BCUT2D eigenvalue weighted by molar-refractivity contribution is 5.85. The number of carbonyl (C=O) groups excluding carboxylic acids is 1. The van der Waals surface area contributed by atoms with Crippen molar-refractivity contribution in [1.82, 2.24) is 5.32 Å². The summed E-state index contributed by atoms with van der Waals surface area (Å²) in [4.78, 5) is 23.0. The zero-order valence-electron chi connectivity index (χ0n) is 10.4. The Morgan fingerprint density at radius 2 is 2.05 bits per heavy atom. The van der Waals surface area contributed by atoms with Gasteiger partial charge in [0.15, 0.2) is 0 Å². The van der Waals surface area contributed by atoms with Crippen molar-refractivity contribution in [3.8, 4) is 0 Å². The molecule has 0 unspecified atom stereocenters. The number of hydrogen-bond acceptors (Lipinski definition) is 2. The Morgan fingerprint density at radius 3 is 2.74 bits per heavy atom. The van der Waals surface area contributed by atoms with Crippen LogP contribution in [0.1, 0.15) is 24.8 Å². The molecule has 2 atom stereocenters. The fourth-order valence-corrected chi connectivity index (χ4v) is 2.54. The van der Waals surface area contributed by atoms with Crippen molar-refractivity contribution in [1.29, 1.82) is 0 Å². The molecule has 1 saturated carbocycles. The lowest BCUT2D eigenvalue weighted by Gasteiger charge is -2.15. The molecule has 0 aliphatic heterocycles. The summed E-state index contributed by atoms with van der Waals surface area (Å²) in [5.74, 6) is -2.58. The fourth-order valence-electron chi connectivity index (χ4n) is 2.54. The summed E-state index contributed by atoms with van der Waals surface area (Å²) >= 11 is 0. The standard InChI is InChI=1S/C14H16FNO3/c15-10-4-1-3-9(7-10)8-16-13(17)11-5-2-6-12(11)14(18)19/h1,3-4,7,11-12H,2,5-6,8H2,(H,16,17)(H,18,19)/t11-,12+/m1/s1. The maximum atomic E-state index is 13.0. The molecule has 4 nitrogen and oxygen atoms in total. The van der Waals surface area contributed by atoms with Crippen molar-refractivity contribution < 1.29 is 19.1 Å². The lowest BCUT2D eigenvalue weighted by atomic mass is 9.95. The minimum Gasteiger partial charge on any atom is -0.481 e. The number of carbonyl (C=O) groups is 2. The van der Waals surface area contributed by atoms with Crippen LogP contribution in [0.2, 0.25) is 0 Å². The molecular formula is C14H16FNO3. The quantitative estimate of drug-likeness (QED) is 0.874. The van der Waals surface area contributed by atoms with Gasteiger partial charge in [-0.1, -0.05) is 18.6 Å². The first-order chi connectivity index (χ1) is 9.08. The molecule has 0 spiro atoms. The minimum absolute atomic E-state index is 0.222. The Balaban J connectivity index is 1.92. The predicted octanol–water partition coefficient (Wildman–Crippen LogP) is 1.94. The van der Waals surface area contributed by atoms with E-state index in [0.717, 1.165) is 6.42 Å². The number of halogens is 1. The summed E-state index contributed by atoms with van der Waals surface area (Å²) in [5.41, 5.74) is 0.665. The summed E-state index contributed by atoms with van der Waals surface area (Å²) in [5, 5.41) is 11.7. The molecule has 1 fully saturated rings. The van der Waals surface area contributed by atoms with Crippen molar-refractivity contribution in [2.45, 2.75) is 25.8 Å². The van der Waals surface area contributed by atoms with Crippen molar-refractivity contribution in [3.63, 3.8) is 0 Å². The van der Waals surface area contributed by atoms with Gasteiger partial charge in [0.2, 0.25) is 5.91 Å². The van der Waals surface area contributed by atoms with Gasteiger partial charge < -0.3 is 10.4 Å². The molecule has 2 N–H and O–H groups in total. The van der Waals surface area contributed by atoms with E-state index in [1.54, 1.807) is 12.1 Å². The second-order valence-corrected chi connectivity index (χ2v) is 4.83. The number of amides is 1. The van der Waals surface area contributed by atoms with E-state index in [1.807, 2.05) is 0 Å². The fraction of sp³-hybridized carbons (Fsp3) is 0.429. The maximum Gasteiger partial charge on any atom is 0.307 e. The van der Waals surface area contributed by atoms with Crippen LogP contribution >= 0.6 is 0 Å². The van der Waals surface area contributed by atoms with Gasteiger partial charge in [0, 0.05) is 6.54 Å². The van der Waals surface area contributed by atoms with Crippen LogP contribution in [0.25, 0.3) is 0 Å². The topological polar surface area (TPSA) is 66.4 Å². The molecule has 1 aromatic carbocycles. The van der Waals surface area contributed by atoms with Crippen LogP contribution in [0, 0.1) is 17.7 Å². The smallest absolute Gasteiger partial charge is 0.307 e. The highest BCUT2D eigenvalue weighted by Gasteiger charge is 2.37. The Kier molecular flexibility index (Phi) is 4.14. The maximum absolute atomic E-state index is 13.0. The van der Waals surface area contributed by atoms with Crippen LogP contribution < -0.4 is 5.32 Å². The van der Waals surface area contributed by atoms with Crippen LogP contribution in [-0.4, -0.2) is 17.0 Å². The van der Waals surface area contributed by atoms with Gasteiger partial charge in [-0.3, -0.25) is 9.59 Å². The van der Waals surface area contributed by atoms with Crippen molar-refractivity contribution in [3.05, 3.63) is 35.6 Å². The number of aliphatic carboxylic acids is 1. The summed E-state index contributed by atoms with van der Waals surface area (Å²) < 4.78 is 13.0. The summed E-state index contributed by atoms with van der Waals surface area (Å²) in [6.07, 6.45) is 1.91. The van der Waals surface area contributed by atoms with Crippen molar-refractivity contribution >= 4 is 11.9 Å². The van der Waals surface area contributed by atoms with Gasteiger partial charge in [0.25, 0.3) is 0 Å². The van der Waals surface area contributed by atoms with E-state index in [-0.39, 0.29) is 18.3 Å². The normalized spacial score (nSPS) is 22.2. The van der Waals surface area contributed by atoms with Crippen LogP contribution in [-0.2, 0) is 16.1 Å². The first-order valence-corrected chi connectivity index (χ1v) is 6.33. The van der Waals surface area contributed by atoms with Crippen LogP contribution in [0.3, 0.4) is 0 Å². The monoisotopic (exact) mass is 265 g/mol. The van der Waals surface area contributed by atoms with Gasteiger partial charge in [-0.05, 0) is 30.5 Å². The van der Waals surface area contributed by atoms with E-state index >= 15 is 0 Å². The molecule has 0 bridgehead atoms. The molecule has 5 heteroatoms. The summed E-state index contributed by atoms with van der Waals surface area (Å²) in [7, 11) is 0. The van der Waals surface area contributed by atoms with E-state index in [4.69, 9.17) is 5.11 Å². The Morgan fingerprint density at radius 1 is 1.32 bits per heavy atom. The third-order valence-corrected chi connectivity index (χ3v) is 3.53. The molecule has 1 aliphatic carbocycles. The zero-order chi connectivity index (χ0) is 13.8. The van der Waals surface area contributed by atoms with Gasteiger partial charge in [-0.15, -0.1) is 0 Å². The SMILES string of the molecule is O=C(O)[C@H]1CCC[C@H]1C(=O)NCc1cccc(F)c1. The minimum atomic E-state index is -0.914. The second-order valence-electron chi connectivity index (χ2n) is 4.83. The molecule has 0 heterocycles. The van der Waals surface area contributed by atoms with Gasteiger partial charge in [0.1, 0.15) is 5.82 Å². The molecule has 1 amide bonds. The second kappa shape index (κ2) is 5.82. The van der Waals surface area contributed by atoms with Crippen molar-refractivity contribution in [2.75, 3.05) is 0 Å². The highest BCUT2D eigenvalue weighted by atomic mass is 19.1. The third-order valence-electron chi connectivity index (χ3n) is 3.53. The number of carboxylic acids is 1. The number of benzene rings is 1. The lowest BCUT2D eigenvalue weighted by molar-refractivity contribution is -0.146. The van der Waals surface area contributed by atoms with Crippen LogP contribution in [0.4, 0.5) is 4.39 Å². The molecule has 1 aliphatic rings. The average molecular weight is 265 g/mol. The molecule has 0 aromatic heterocycles. The molecule has 102 valence electrons. The molecular weight excluding hydrogens is 249 g/mol.